The van der Waals surface area contributed by atoms with Gasteiger partial charge in [0.05, 0.1) is 12.2 Å². The van der Waals surface area contributed by atoms with E-state index in [1.54, 1.807) is 22.8 Å². The smallest absolute Gasteiger partial charge is 0.268 e. The average Bonchev–Trinajstić information content (AvgIpc) is 3.30. The van der Waals surface area contributed by atoms with Crippen molar-refractivity contribution in [2.75, 3.05) is 0 Å². The van der Waals surface area contributed by atoms with Crippen molar-refractivity contribution in [1.82, 2.24) is 30.1 Å². The third kappa shape index (κ3) is 2.63. The first-order chi connectivity index (χ1) is 11.8. The SMILES string of the molecule is O=C(NCc1nnc2ccc(-c3ccccc3)nn12)c1ccc[nH]1. The number of hydrogen-bond donors (Lipinski definition) is 2. The first kappa shape index (κ1) is 14.1. The molecule has 0 aliphatic rings. The van der Waals surface area contributed by atoms with Crippen molar-refractivity contribution in [1.29, 1.82) is 0 Å². The van der Waals surface area contributed by atoms with Gasteiger partial charge in [0.25, 0.3) is 5.91 Å². The van der Waals surface area contributed by atoms with Gasteiger partial charge in [0.15, 0.2) is 11.5 Å². The normalized spacial score (nSPS) is 10.8. The van der Waals surface area contributed by atoms with Crippen molar-refractivity contribution < 1.29 is 4.79 Å². The van der Waals surface area contributed by atoms with Gasteiger partial charge in [0.1, 0.15) is 5.69 Å². The van der Waals surface area contributed by atoms with Gasteiger partial charge in [-0.15, -0.1) is 10.2 Å². The summed E-state index contributed by atoms with van der Waals surface area (Å²) in [5.41, 5.74) is 2.97. The van der Waals surface area contributed by atoms with E-state index in [0.717, 1.165) is 11.3 Å². The molecule has 1 amide bonds. The Hall–Kier alpha value is -3.48. The number of H-pyrrole nitrogens is 1. The summed E-state index contributed by atoms with van der Waals surface area (Å²) in [7, 11) is 0. The van der Waals surface area contributed by atoms with Crippen LogP contribution >= 0.6 is 0 Å². The molecule has 0 aliphatic heterocycles. The van der Waals surface area contributed by atoms with Crippen molar-refractivity contribution in [2.24, 2.45) is 0 Å². The molecule has 0 aliphatic carbocycles. The number of nitrogens with zero attached hydrogens (tertiary/aromatic N) is 4. The molecule has 3 aromatic heterocycles. The number of fused-ring (bicyclic) bond motifs is 1. The maximum atomic E-state index is 12.0. The van der Waals surface area contributed by atoms with Crippen LogP contribution in [-0.2, 0) is 6.54 Å². The van der Waals surface area contributed by atoms with Gasteiger partial charge >= 0.3 is 0 Å². The highest BCUT2D eigenvalue weighted by atomic mass is 16.1. The third-order valence-electron chi connectivity index (χ3n) is 3.65. The molecule has 0 saturated heterocycles. The number of hydrogen-bond acceptors (Lipinski definition) is 4. The fourth-order valence-corrected chi connectivity index (χ4v) is 2.43. The lowest BCUT2D eigenvalue weighted by atomic mass is 10.1. The van der Waals surface area contributed by atoms with E-state index in [4.69, 9.17) is 0 Å². The minimum atomic E-state index is -0.198. The molecule has 2 N–H and O–H groups in total. The Morgan fingerprint density at radius 2 is 1.92 bits per heavy atom. The molecule has 0 fully saturated rings. The quantitative estimate of drug-likeness (QED) is 0.603. The van der Waals surface area contributed by atoms with Gasteiger partial charge in [0, 0.05) is 11.8 Å². The maximum absolute atomic E-state index is 12.0. The van der Waals surface area contributed by atoms with Gasteiger partial charge in [-0.2, -0.15) is 9.61 Å². The highest BCUT2D eigenvalue weighted by molar-refractivity contribution is 5.92. The van der Waals surface area contributed by atoms with Crippen LogP contribution in [-0.4, -0.2) is 30.7 Å². The lowest BCUT2D eigenvalue weighted by Gasteiger charge is -2.04. The minimum absolute atomic E-state index is 0.198. The van der Waals surface area contributed by atoms with Crippen LogP contribution in [0.25, 0.3) is 16.9 Å². The molecule has 1 aromatic carbocycles. The highest BCUT2D eigenvalue weighted by Gasteiger charge is 2.11. The molecular weight excluding hydrogens is 304 g/mol. The molecule has 7 heteroatoms. The lowest BCUT2D eigenvalue weighted by Crippen LogP contribution is -2.24. The molecular formula is C17H14N6O. The Morgan fingerprint density at radius 3 is 2.71 bits per heavy atom. The molecule has 0 bridgehead atoms. The fraction of sp³-hybridized carbons (Fsp3) is 0.0588. The molecule has 4 aromatic rings. The van der Waals surface area contributed by atoms with Crippen LogP contribution < -0.4 is 5.32 Å². The molecule has 0 spiro atoms. The monoisotopic (exact) mass is 318 g/mol. The number of aromatic nitrogens is 5. The van der Waals surface area contributed by atoms with Crippen LogP contribution in [0.15, 0.2) is 60.8 Å². The second-order valence-electron chi connectivity index (χ2n) is 5.24. The van der Waals surface area contributed by atoms with E-state index in [2.05, 4.69) is 25.6 Å². The van der Waals surface area contributed by atoms with Gasteiger partial charge in [0.2, 0.25) is 0 Å². The van der Waals surface area contributed by atoms with E-state index in [-0.39, 0.29) is 12.5 Å². The lowest BCUT2D eigenvalue weighted by molar-refractivity contribution is 0.0945. The molecule has 0 atom stereocenters. The number of rotatable bonds is 4. The molecule has 3 heterocycles. The van der Waals surface area contributed by atoms with E-state index in [9.17, 15) is 4.79 Å². The van der Waals surface area contributed by atoms with Crippen molar-refractivity contribution in [2.45, 2.75) is 6.54 Å². The number of carbonyl (C=O) groups excluding carboxylic acids is 1. The van der Waals surface area contributed by atoms with E-state index in [0.29, 0.717) is 17.2 Å². The second kappa shape index (κ2) is 5.96. The van der Waals surface area contributed by atoms with Gasteiger partial charge in [-0.05, 0) is 24.3 Å². The van der Waals surface area contributed by atoms with Crippen molar-refractivity contribution in [3.8, 4) is 11.3 Å². The molecule has 0 radical (unpaired) electrons. The van der Waals surface area contributed by atoms with Crippen LogP contribution in [0.4, 0.5) is 0 Å². The molecule has 118 valence electrons. The third-order valence-corrected chi connectivity index (χ3v) is 3.65. The average molecular weight is 318 g/mol. The number of aromatic amines is 1. The van der Waals surface area contributed by atoms with Crippen LogP contribution in [0.5, 0.6) is 0 Å². The Kier molecular flexibility index (Phi) is 3.51. The summed E-state index contributed by atoms with van der Waals surface area (Å²) in [6.07, 6.45) is 1.70. The molecule has 4 rings (SSSR count). The second-order valence-corrected chi connectivity index (χ2v) is 5.24. The van der Waals surface area contributed by atoms with E-state index >= 15 is 0 Å². The highest BCUT2D eigenvalue weighted by Crippen LogP contribution is 2.16. The van der Waals surface area contributed by atoms with E-state index in [1.165, 1.54) is 0 Å². The van der Waals surface area contributed by atoms with Gasteiger partial charge < -0.3 is 10.3 Å². The summed E-state index contributed by atoms with van der Waals surface area (Å²) in [6, 6.07) is 17.1. The van der Waals surface area contributed by atoms with Crippen LogP contribution in [0.3, 0.4) is 0 Å². The maximum Gasteiger partial charge on any atom is 0.268 e. The summed E-state index contributed by atoms with van der Waals surface area (Å²) in [5.74, 6) is 0.374. The predicted octanol–water partition coefficient (Wildman–Crippen LogP) is 2.05. The summed E-state index contributed by atoms with van der Waals surface area (Å²) in [5, 5.41) is 15.6. The zero-order valence-electron chi connectivity index (χ0n) is 12.7. The molecule has 7 nitrogen and oxygen atoms in total. The first-order valence-corrected chi connectivity index (χ1v) is 7.49. The first-order valence-electron chi connectivity index (χ1n) is 7.49. The summed E-state index contributed by atoms with van der Waals surface area (Å²) >= 11 is 0. The zero-order valence-corrected chi connectivity index (χ0v) is 12.7. The Balaban J connectivity index is 1.60. The van der Waals surface area contributed by atoms with Gasteiger partial charge in [-0.25, -0.2) is 0 Å². The Bertz CT molecular complexity index is 975. The summed E-state index contributed by atoms with van der Waals surface area (Å²) in [6.45, 7) is 0.240. The standard InChI is InChI=1S/C17H14N6O/c24-17(14-7-4-10-18-14)19-11-16-21-20-15-9-8-13(22-23(15)16)12-5-2-1-3-6-12/h1-10,18H,11H2,(H,19,24). The summed E-state index contributed by atoms with van der Waals surface area (Å²) in [4.78, 5) is 14.9. The number of benzene rings is 1. The fourth-order valence-electron chi connectivity index (χ4n) is 2.43. The van der Waals surface area contributed by atoms with E-state index in [1.807, 2.05) is 42.5 Å². The minimum Gasteiger partial charge on any atom is -0.357 e. The van der Waals surface area contributed by atoms with Crippen molar-refractivity contribution in [3.63, 3.8) is 0 Å². The van der Waals surface area contributed by atoms with Gasteiger partial charge in [-0.1, -0.05) is 30.3 Å². The Morgan fingerprint density at radius 1 is 1.04 bits per heavy atom. The number of carbonyl (C=O) groups is 1. The van der Waals surface area contributed by atoms with Gasteiger partial charge in [-0.3, -0.25) is 4.79 Å². The molecule has 0 saturated carbocycles. The van der Waals surface area contributed by atoms with Crippen molar-refractivity contribution in [3.05, 3.63) is 72.3 Å². The largest absolute Gasteiger partial charge is 0.357 e. The number of nitrogens with one attached hydrogen (secondary N) is 2. The van der Waals surface area contributed by atoms with Crippen LogP contribution in [0, 0.1) is 0 Å². The van der Waals surface area contributed by atoms with Crippen molar-refractivity contribution >= 4 is 11.6 Å². The van der Waals surface area contributed by atoms with Crippen LogP contribution in [0.2, 0.25) is 0 Å². The number of amides is 1. The summed E-state index contributed by atoms with van der Waals surface area (Å²) < 4.78 is 1.65. The predicted molar refractivity (Wildman–Crippen MR) is 88.2 cm³/mol. The molecule has 24 heavy (non-hydrogen) atoms. The molecule has 0 unspecified atom stereocenters. The van der Waals surface area contributed by atoms with E-state index < -0.39 is 0 Å². The zero-order chi connectivity index (χ0) is 16.4. The van der Waals surface area contributed by atoms with Crippen LogP contribution in [0.1, 0.15) is 16.3 Å². The Labute approximate surface area is 137 Å². The topological polar surface area (TPSA) is 88.0 Å².